The first-order chi connectivity index (χ1) is 16.7. The lowest BCUT2D eigenvalue weighted by molar-refractivity contribution is -0.139. The maximum atomic E-state index is 11.3. The molecule has 4 nitrogen and oxygen atoms in total. The number of hydrogen-bond acceptors (Lipinski definition) is 3. The van der Waals surface area contributed by atoms with Crippen molar-refractivity contribution >= 4 is 33.5 Å². The molecule has 3 aromatic rings. The van der Waals surface area contributed by atoms with Crippen LogP contribution in [-0.2, 0) is 9.53 Å². The zero-order valence-corrected chi connectivity index (χ0v) is 22.1. The number of aryl methyl sites for hydroxylation is 1. The molecule has 0 radical (unpaired) electrons. The quantitative estimate of drug-likeness (QED) is 0.300. The van der Waals surface area contributed by atoms with E-state index in [2.05, 4.69) is 40.7 Å². The van der Waals surface area contributed by atoms with E-state index in [1.54, 1.807) is 0 Å². The first-order valence-corrected chi connectivity index (χ1v) is 12.7. The van der Waals surface area contributed by atoms with E-state index in [1.807, 2.05) is 62.4 Å². The van der Waals surface area contributed by atoms with Gasteiger partial charge in [-0.15, -0.1) is 0 Å². The zero-order valence-electron chi connectivity index (χ0n) is 19.7. The Morgan fingerprint density at radius 3 is 2.49 bits per heavy atom. The highest BCUT2D eigenvalue weighted by molar-refractivity contribution is 9.10. The van der Waals surface area contributed by atoms with E-state index in [-0.39, 0.29) is 24.0 Å². The van der Waals surface area contributed by atoms with Crippen LogP contribution in [0.1, 0.15) is 53.7 Å². The fourth-order valence-electron chi connectivity index (χ4n) is 4.87. The number of rotatable bonds is 7. The minimum atomic E-state index is -1.03. The lowest BCUT2D eigenvalue weighted by Crippen LogP contribution is -2.32. The average Bonchev–Trinajstić information content (AvgIpc) is 2.82. The van der Waals surface area contributed by atoms with Crippen LogP contribution in [0, 0.1) is 12.8 Å². The number of hydrogen-bond donors (Lipinski definition) is 1. The molecule has 4 rings (SSSR count). The van der Waals surface area contributed by atoms with Gasteiger partial charge in [-0.2, -0.15) is 0 Å². The van der Waals surface area contributed by atoms with Crippen LogP contribution in [0.5, 0.6) is 5.75 Å². The van der Waals surface area contributed by atoms with Crippen LogP contribution in [0.2, 0.25) is 5.02 Å². The van der Waals surface area contributed by atoms with Gasteiger partial charge in [0.05, 0.1) is 16.7 Å². The fraction of sp³-hybridized carbons (Fsp3) is 0.276. The number of benzene rings is 3. The number of carboxylic acids is 1. The average molecular weight is 556 g/mol. The molecule has 4 atom stereocenters. The summed E-state index contributed by atoms with van der Waals surface area (Å²) in [4.78, 5) is 11.3. The second kappa shape index (κ2) is 11.0. The zero-order chi connectivity index (χ0) is 25.1. The molecular formula is C29H28BrClO4. The summed E-state index contributed by atoms with van der Waals surface area (Å²) >= 11 is 9.95. The largest absolute Gasteiger partial charge is 0.480 e. The van der Waals surface area contributed by atoms with E-state index in [0.717, 1.165) is 34.2 Å². The lowest BCUT2D eigenvalue weighted by atomic mass is 9.74. The van der Waals surface area contributed by atoms with Gasteiger partial charge >= 0.3 is 5.97 Å². The molecule has 1 heterocycles. The van der Waals surface area contributed by atoms with Crippen LogP contribution in [0.4, 0.5) is 0 Å². The maximum absolute atomic E-state index is 11.3. The summed E-state index contributed by atoms with van der Waals surface area (Å²) in [6.07, 6.45) is 0.194. The van der Waals surface area contributed by atoms with Crippen molar-refractivity contribution < 1.29 is 19.4 Å². The van der Waals surface area contributed by atoms with Crippen LogP contribution < -0.4 is 4.74 Å². The van der Waals surface area contributed by atoms with Crippen molar-refractivity contribution in [1.82, 2.24) is 0 Å². The third-order valence-corrected chi connectivity index (χ3v) is 7.26. The minimum Gasteiger partial charge on any atom is -0.480 e. The first kappa shape index (κ1) is 25.5. The molecule has 0 unspecified atom stereocenters. The number of ether oxygens (including phenoxy) is 2. The fourth-order valence-corrected chi connectivity index (χ4v) is 5.78. The number of halogens is 2. The van der Waals surface area contributed by atoms with Crippen molar-refractivity contribution in [2.75, 3.05) is 6.61 Å². The molecule has 1 fully saturated rings. The van der Waals surface area contributed by atoms with Crippen molar-refractivity contribution in [1.29, 1.82) is 0 Å². The van der Waals surface area contributed by atoms with Crippen molar-refractivity contribution in [2.45, 2.75) is 38.4 Å². The molecule has 1 aliphatic heterocycles. The van der Waals surface area contributed by atoms with Gasteiger partial charge < -0.3 is 14.6 Å². The smallest absolute Gasteiger partial charge is 0.341 e. The third-order valence-electron chi connectivity index (χ3n) is 6.43. The third kappa shape index (κ3) is 5.80. The van der Waals surface area contributed by atoms with Crippen molar-refractivity contribution in [3.05, 3.63) is 111 Å². The molecule has 0 saturated carbocycles. The molecule has 3 aromatic carbocycles. The number of aliphatic carboxylic acids is 1. The van der Waals surface area contributed by atoms with Crippen LogP contribution in [-0.4, -0.2) is 17.7 Å². The SMILES string of the molecule is C=C(C)[C@H]1C[C@H](c2cccc(Cl)c2)[C@H](c2ccccc2)O[C@@H]1c1cc(C)cc(Br)c1OCC(=O)O. The molecule has 1 aliphatic rings. The van der Waals surface area contributed by atoms with Crippen molar-refractivity contribution in [3.63, 3.8) is 0 Å². The minimum absolute atomic E-state index is 0.0141. The van der Waals surface area contributed by atoms with Gasteiger partial charge in [0.25, 0.3) is 0 Å². The molecule has 1 saturated heterocycles. The van der Waals surface area contributed by atoms with Gasteiger partial charge in [0.1, 0.15) is 5.75 Å². The highest BCUT2D eigenvalue weighted by Crippen LogP contribution is 2.54. The molecule has 1 N–H and O–H groups in total. The molecule has 0 bridgehead atoms. The van der Waals surface area contributed by atoms with E-state index in [9.17, 15) is 9.90 Å². The van der Waals surface area contributed by atoms with Gasteiger partial charge in [0.15, 0.2) is 6.61 Å². The van der Waals surface area contributed by atoms with Gasteiger partial charge in [-0.25, -0.2) is 4.79 Å². The second-order valence-corrected chi connectivity index (χ2v) is 10.4. The summed E-state index contributed by atoms with van der Waals surface area (Å²) in [6, 6.07) is 22.1. The van der Waals surface area contributed by atoms with Gasteiger partial charge in [-0.05, 0) is 77.2 Å². The van der Waals surface area contributed by atoms with E-state index in [1.165, 1.54) is 0 Å². The molecule has 0 aromatic heterocycles. The number of carbonyl (C=O) groups is 1. The Kier molecular flexibility index (Phi) is 8.00. The van der Waals surface area contributed by atoms with Crippen LogP contribution in [0.25, 0.3) is 0 Å². The summed E-state index contributed by atoms with van der Waals surface area (Å²) in [5.74, 6) is -0.500. The van der Waals surface area contributed by atoms with Gasteiger partial charge in [-0.1, -0.05) is 66.2 Å². The van der Waals surface area contributed by atoms with Crippen molar-refractivity contribution in [2.24, 2.45) is 5.92 Å². The Labute approximate surface area is 219 Å². The summed E-state index contributed by atoms with van der Waals surface area (Å²) < 4.78 is 13.4. The predicted octanol–water partition coefficient (Wildman–Crippen LogP) is 8.05. The lowest BCUT2D eigenvalue weighted by Gasteiger charge is -2.43. The normalized spacial score (nSPS) is 21.9. The first-order valence-electron chi connectivity index (χ1n) is 11.5. The molecular weight excluding hydrogens is 528 g/mol. The van der Waals surface area contributed by atoms with Crippen LogP contribution in [0.15, 0.2) is 83.4 Å². The standard InChI is InChI=1S/C29H28BrClO4/c1-17(2)22-15-23(20-10-7-11-21(31)14-20)27(19-8-5-4-6-9-19)35-28(22)24-12-18(3)13-25(30)29(24)34-16-26(32)33/h4-14,22-23,27-28H,1,15-16H2,2-3H3,(H,32,33)/t22-,23-,27+,28+/m1/s1. The Morgan fingerprint density at radius 1 is 1.11 bits per heavy atom. The summed E-state index contributed by atoms with van der Waals surface area (Å²) in [5.41, 5.74) is 5.02. The Morgan fingerprint density at radius 2 is 1.83 bits per heavy atom. The maximum Gasteiger partial charge on any atom is 0.341 e. The monoisotopic (exact) mass is 554 g/mol. The van der Waals surface area contributed by atoms with E-state index in [0.29, 0.717) is 15.2 Å². The highest BCUT2D eigenvalue weighted by Gasteiger charge is 2.42. The van der Waals surface area contributed by atoms with Gasteiger partial charge in [0.2, 0.25) is 0 Å². The topological polar surface area (TPSA) is 55.8 Å². The number of carboxylic acid groups (broad SMARTS) is 1. The molecule has 0 aliphatic carbocycles. The Balaban J connectivity index is 1.83. The summed E-state index contributed by atoms with van der Waals surface area (Å²) in [5, 5.41) is 9.93. The van der Waals surface area contributed by atoms with Crippen molar-refractivity contribution in [3.8, 4) is 5.75 Å². The van der Waals surface area contributed by atoms with Gasteiger partial charge in [0, 0.05) is 22.4 Å². The van der Waals surface area contributed by atoms with Gasteiger partial charge in [-0.3, -0.25) is 0 Å². The van der Waals surface area contributed by atoms with Crippen LogP contribution >= 0.6 is 27.5 Å². The Hall–Kier alpha value is -2.60. The molecule has 0 amide bonds. The van der Waals surface area contributed by atoms with Crippen LogP contribution in [0.3, 0.4) is 0 Å². The summed E-state index contributed by atoms with van der Waals surface area (Å²) in [7, 11) is 0. The predicted molar refractivity (Wildman–Crippen MR) is 142 cm³/mol. The highest BCUT2D eigenvalue weighted by atomic mass is 79.9. The molecule has 35 heavy (non-hydrogen) atoms. The molecule has 182 valence electrons. The molecule has 0 spiro atoms. The van der Waals surface area contributed by atoms with E-state index >= 15 is 0 Å². The summed E-state index contributed by atoms with van der Waals surface area (Å²) in [6.45, 7) is 7.87. The van der Waals surface area contributed by atoms with E-state index in [4.69, 9.17) is 21.1 Å². The second-order valence-electron chi connectivity index (χ2n) is 9.09. The Bertz CT molecular complexity index is 1230. The molecule has 6 heteroatoms. The van der Waals surface area contributed by atoms with E-state index < -0.39 is 12.6 Å².